The van der Waals surface area contributed by atoms with E-state index in [2.05, 4.69) is 31.1 Å². The zero-order valence-electron chi connectivity index (χ0n) is 17.8. The van der Waals surface area contributed by atoms with Gasteiger partial charge in [0.15, 0.2) is 0 Å². The van der Waals surface area contributed by atoms with Crippen LogP contribution in [0.1, 0.15) is 50.5 Å². The fourth-order valence-electron chi connectivity index (χ4n) is 5.58. The van der Waals surface area contributed by atoms with E-state index in [1.807, 2.05) is 18.2 Å². The summed E-state index contributed by atoms with van der Waals surface area (Å²) in [5, 5.41) is 10.8. The normalized spacial score (nSPS) is 30.8. The van der Waals surface area contributed by atoms with Crippen molar-refractivity contribution in [2.75, 3.05) is 27.2 Å². The first kappa shape index (κ1) is 21.0. The predicted octanol–water partition coefficient (Wildman–Crippen LogP) is 2.13. The monoisotopic (exact) mass is 413 g/mol. The van der Waals surface area contributed by atoms with E-state index < -0.39 is 17.2 Å². The summed E-state index contributed by atoms with van der Waals surface area (Å²) >= 11 is 0. The van der Waals surface area contributed by atoms with Crippen LogP contribution in [-0.4, -0.2) is 76.4 Å². The Bertz CT molecular complexity index is 826. The molecule has 4 rings (SSSR count). The quantitative estimate of drug-likeness (QED) is 0.571. The number of benzene rings is 1. The lowest BCUT2D eigenvalue weighted by molar-refractivity contribution is -0.139. The molecule has 0 unspecified atom stereocenters. The van der Waals surface area contributed by atoms with E-state index in [1.54, 1.807) is 4.90 Å². The van der Waals surface area contributed by atoms with E-state index in [9.17, 15) is 19.5 Å². The Morgan fingerprint density at radius 2 is 1.67 bits per heavy atom. The number of rotatable bonds is 6. The van der Waals surface area contributed by atoms with Gasteiger partial charge in [0.1, 0.15) is 11.8 Å². The number of aliphatic hydroxyl groups is 1. The highest BCUT2D eigenvalue weighted by molar-refractivity contribution is 6.08. The Morgan fingerprint density at radius 1 is 1.03 bits per heavy atom. The van der Waals surface area contributed by atoms with Gasteiger partial charge >= 0.3 is 6.03 Å². The first-order chi connectivity index (χ1) is 14.3. The van der Waals surface area contributed by atoms with Crippen molar-refractivity contribution in [1.29, 1.82) is 0 Å². The number of nitrogens with zero attached hydrogens (tertiary/aromatic N) is 3. The Hall–Kier alpha value is -2.25. The molecule has 1 saturated heterocycles. The number of hydrogen-bond acceptors (Lipinski definition) is 5. The molecule has 1 N–H and O–H groups in total. The topological polar surface area (TPSA) is 81.2 Å². The van der Waals surface area contributed by atoms with E-state index >= 15 is 0 Å². The minimum absolute atomic E-state index is 0.160. The molecule has 1 spiro atoms. The summed E-state index contributed by atoms with van der Waals surface area (Å²) in [6.45, 7) is -0.0704. The summed E-state index contributed by atoms with van der Waals surface area (Å²) in [4.78, 5) is 42.5. The fraction of sp³-hybridized carbons (Fsp3) is 0.609. The van der Waals surface area contributed by atoms with Gasteiger partial charge in [0.05, 0.1) is 18.7 Å². The average molecular weight is 414 g/mol. The van der Waals surface area contributed by atoms with Crippen molar-refractivity contribution in [3.63, 3.8) is 0 Å². The third kappa shape index (κ3) is 3.06. The van der Waals surface area contributed by atoms with Crippen molar-refractivity contribution in [1.82, 2.24) is 14.7 Å². The number of hydrogen-bond donors (Lipinski definition) is 1. The van der Waals surface area contributed by atoms with Gasteiger partial charge in [0.25, 0.3) is 5.91 Å². The van der Waals surface area contributed by atoms with Gasteiger partial charge in [0.2, 0.25) is 0 Å². The Morgan fingerprint density at radius 3 is 2.17 bits per heavy atom. The number of carbonyl (C=O) groups excluding carboxylic acids is 3. The molecule has 7 heteroatoms. The van der Waals surface area contributed by atoms with Crippen molar-refractivity contribution in [3.8, 4) is 0 Å². The minimum atomic E-state index is -0.973. The van der Waals surface area contributed by atoms with Crippen LogP contribution >= 0.6 is 0 Å². The van der Waals surface area contributed by atoms with E-state index in [4.69, 9.17) is 0 Å². The molecule has 1 aromatic rings. The number of carbonyl (C=O) groups is 3. The SMILES string of the molecule is CN(C)C1(c2ccccc2)CCC2(CC1)C(=O)N(CC=O)C(=O)N2CC1(O)CCC1. The first-order valence-corrected chi connectivity index (χ1v) is 10.8. The summed E-state index contributed by atoms with van der Waals surface area (Å²) in [5.41, 5.74) is -0.905. The summed E-state index contributed by atoms with van der Waals surface area (Å²) < 4.78 is 0. The van der Waals surface area contributed by atoms with Crippen LogP contribution in [0.15, 0.2) is 30.3 Å². The lowest BCUT2D eigenvalue weighted by Crippen LogP contribution is -2.60. The molecule has 3 aliphatic rings. The number of amides is 3. The number of urea groups is 1. The molecule has 2 aliphatic carbocycles. The standard InChI is InChI=1S/C23H31N3O4/c1-24(2)22(18-7-4-3-5-8-18)11-13-23(14-12-22)19(28)25(15-16-27)20(29)26(23)17-21(30)9-6-10-21/h3-5,7-8,16,30H,6,9-15,17H2,1-2H3. The third-order valence-corrected chi connectivity index (χ3v) is 7.69. The van der Waals surface area contributed by atoms with Gasteiger partial charge in [-0.1, -0.05) is 30.3 Å². The number of β-amino-alcohol motifs (C(OH)–C–C–N with tert-alkyl or cyclic N) is 1. The van der Waals surface area contributed by atoms with Gasteiger partial charge in [-0.05, 0) is 64.6 Å². The lowest BCUT2D eigenvalue weighted by Gasteiger charge is -2.51. The molecule has 162 valence electrons. The number of imide groups is 1. The molecule has 1 aromatic carbocycles. The van der Waals surface area contributed by atoms with Crippen LogP contribution in [0.4, 0.5) is 4.79 Å². The van der Waals surface area contributed by atoms with Crippen molar-refractivity contribution in [2.24, 2.45) is 0 Å². The maximum Gasteiger partial charge on any atom is 0.328 e. The summed E-state index contributed by atoms with van der Waals surface area (Å²) in [5.74, 6) is -0.289. The van der Waals surface area contributed by atoms with Gasteiger partial charge in [-0.15, -0.1) is 0 Å². The van der Waals surface area contributed by atoms with Crippen LogP contribution in [0.25, 0.3) is 0 Å². The second kappa shape index (κ2) is 7.46. The second-order valence-corrected chi connectivity index (χ2v) is 9.35. The Labute approximate surface area is 177 Å². The molecule has 0 aromatic heterocycles. The highest BCUT2D eigenvalue weighted by atomic mass is 16.3. The molecule has 30 heavy (non-hydrogen) atoms. The minimum Gasteiger partial charge on any atom is -0.388 e. The van der Waals surface area contributed by atoms with Crippen molar-refractivity contribution in [2.45, 2.75) is 61.6 Å². The number of aldehydes is 1. The molecule has 0 radical (unpaired) electrons. The van der Waals surface area contributed by atoms with Gasteiger partial charge in [-0.3, -0.25) is 14.6 Å². The van der Waals surface area contributed by atoms with Crippen LogP contribution in [0.2, 0.25) is 0 Å². The van der Waals surface area contributed by atoms with E-state index in [1.165, 1.54) is 5.56 Å². The van der Waals surface area contributed by atoms with Crippen molar-refractivity contribution >= 4 is 18.2 Å². The van der Waals surface area contributed by atoms with Crippen LogP contribution in [0.3, 0.4) is 0 Å². The zero-order chi connectivity index (χ0) is 21.6. The molecule has 0 atom stereocenters. The van der Waals surface area contributed by atoms with Crippen LogP contribution < -0.4 is 0 Å². The van der Waals surface area contributed by atoms with Crippen molar-refractivity contribution < 1.29 is 19.5 Å². The molecule has 0 bridgehead atoms. The van der Waals surface area contributed by atoms with E-state index in [0.29, 0.717) is 44.8 Å². The molecular weight excluding hydrogens is 382 g/mol. The maximum atomic E-state index is 13.4. The van der Waals surface area contributed by atoms with Gasteiger partial charge in [0, 0.05) is 5.54 Å². The third-order valence-electron chi connectivity index (χ3n) is 7.69. The van der Waals surface area contributed by atoms with Crippen LogP contribution in [-0.2, 0) is 15.1 Å². The van der Waals surface area contributed by atoms with Gasteiger partial charge in [-0.2, -0.15) is 0 Å². The lowest BCUT2D eigenvalue weighted by atomic mass is 9.67. The molecule has 3 amide bonds. The largest absolute Gasteiger partial charge is 0.388 e. The molecule has 7 nitrogen and oxygen atoms in total. The molecular formula is C23H31N3O4. The molecule has 1 aliphatic heterocycles. The average Bonchev–Trinajstić information content (AvgIpc) is 2.90. The Balaban J connectivity index is 1.67. The molecule has 3 fully saturated rings. The Kier molecular flexibility index (Phi) is 5.22. The van der Waals surface area contributed by atoms with Crippen molar-refractivity contribution in [3.05, 3.63) is 35.9 Å². The van der Waals surface area contributed by atoms with Crippen LogP contribution in [0.5, 0.6) is 0 Å². The smallest absolute Gasteiger partial charge is 0.328 e. The molecule has 1 heterocycles. The van der Waals surface area contributed by atoms with Gasteiger partial charge < -0.3 is 14.8 Å². The first-order valence-electron chi connectivity index (χ1n) is 10.8. The maximum absolute atomic E-state index is 13.4. The van der Waals surface area contributed by atoms with E-state index in [-0.39, 0.29) is 24.5 Å². The summed E-state index contributed by atoms with van der Waals surface area (Å²) in [6, 6.07) is 9.85. The second-order valence-electron chi connectivity index (χ2n) is 9.35. The predicted molar refractivity (Wildman–Crippen MR) is 112 cm³/mol. The highest BCUT2D eigenvalue weighted by Crippen LogP contribution is 2.50. The summed E-state index contributed by atoms with van der Waals surface area (Å²) in [6.07, 6.45) is 5.25. The van der Waals surface area contributed by atoms with E-state index in [0.717, 1.165) is 11.3 Å². The van der Waals surface area contributed by atoms with Gasteiger partial charge in [-0.25, -0.2) is 4.79 Å². The fourth-order valence-corrected chi connectivity index (χ4v) is 5.58. The highest BCUT2D eigenvalue weighted by Gasteiger charge is 2.61. The molecule has 2 saturated carbocycles. The summed E-state index contributed by atoms with van der Waals surface area (Å²) in [7, 11) is 4.11. The van der Waals surface area contributed by atoms with Crippen LogP contribution in [0, 0.1) is 0 Å². The zero-order valence-corrected chi connectivity index (χ0v) is 17.8.